The number of rotatable bonds is 19. The molecule has 0 aromatic rings. The molecule has 3 rings (SSSR count). The molecule has 0 aliphatic carbocycles. The van der Waals surface area contributed by atoms with E-state index in [2.05, 4.69) is 13.8 Å². The van der Waals surface area contributed by atoms with Gasteiger partial charge in [-0.05, 0) is 96.4 Å². The van der Waals surface area contributed by atoms with Gasteiger partial charge in [-0.3, -0.25) is 0 Å². The lowest BCUT2D eigenvalue weighted by Crippen LogP contribution is -2.54. The van der Waals surface area contributed by atoms with Crippen molar-refractivity contribution < 1.29 is 56.5 Å². The molecule has 0 unspecified atom stereocenters. The van der Waals surface area contributed by atoms with Crippen LogP contribution < -0.4 is 0 Å². The summed E-state index contributed by atoms with van der Waals surface area (Å²) in [5, 5.41) is 0. The molecule has 0 amide bonds. The topological polar surface area (TPSA) is 102 Å². The fraction of sp³-hybridized carbons (Fsp3) is 1.00. The summed E-state index contributed by atoms with van der Waals surface area (Å²) in [6, 6.07) is 0. The van der Waals surface area contributed by atoms with Crippen LogP contribution in [0.3, 0.4) is 0 Å². The number of alkyl halides is 1. The molecule has 3 aliphatic rings. The number of halogens is 1. The first-order chi connectivity index (χ1) is 25.3. The Hall–Kier alpha value is -0.510. The lowest BCUT2D eigenvalue weighted by atomic mass is 9.93. The minimum Gasteiger partial charge on any atom is -0.378 e. The van der Waals surface area contributed by atoms with Crippen molar-refractivity contribution in [2.45, 2.75) is 215 Å². The zero-order chi connectivity index (χ0) is 41.1. The summed E-state index contributed by atoms with van der Waals surface area (Å²) in [5.74, 6) is 0.225. The van der Waals surface area contributed by atoms with E-state index in [1.54, 1.807) is 7.11 Å². The van der Waals surface area contributed by atoms with Crippen LogP contribution in [0.15, 0.2) is 0 Å². The summed E-state index contributed by atoms with van der Waals surface area (Å²) in [6.45, 7) is 35.5. The Morgan fingerprint density at radius 3 is 1.37 bits per heavy atom. The van der Waals surface area contributed by atoms with Crippen LogP contribution in [0.25, 0.3) is 0 Å². The molecule has 3 fully saturated rings. The minimum absolute atomic E-state index is 0.00288. The van der Waals surface area contributed by atoms with Crippen molar-refractivity contribution in [3.63, 3.8) is 0 Å². The Balaban J connectivity index is 0.000000406. The van der Waals surface area contributed by atoms with Crippen molar-refractivity contribution in [2.24, 2.45) is 11.8 Å². The summed E-state index contributed by atoms with van der Waals surface area (Å²) < 4.78 is 77.5. The predicted octanol–water partition coefficient (Wildman–Crippen LogP) is 7.62. The molecule has 11 nitrogen and oxygen atoms in total. The zero-order valence-electron chi connectivity index (χ0n) is 37.2. The van der Waals surface area contributed by atoms with E-state index in [-0.39, 0.29) is 91.4 Å². The summed E-state index contributed by atoms with van der Waals surface area (Å²) >= 11 is 0. The van der Waals surface area contributed by atoms with Gasteiger partial charge in [0, 0.05) is 25.6 Å². The van der Waals surface area contributed by atoms with Crippen molar-refractivity contribution >= 4 is 0 Å². The minimum atomic E-state index is -0.980. The Bertz CT molecular complexity index is 923. The molecule has 0 saturated carbocycles. The molecule has 12 atom stereocenters. The molecule has 3 saturated heterocycles. The summed E-state index contributed by atoms with van der Waals surface area (Å²) in [6.07, 6.45) is -0.0134. The first-order valence-corrected chi connectivity index (χ1v) is 20.8. The van der Waals surface area contributed by atoms with Gasteiger partial charge in [0.05, 0.1) is 81.9 Å². The number of hydrogen-bond donors (Lipinski definition) is 0. The van der Waals surface area contributed by atoms with Crippen LogP contribution in [-0.2, 0) is 52.1 Å². The van der Waals surface area contributed by atoms with Gasteiger partial charge in [0.25, 0.3) is 0 Å². The van der Waals surface area contributed by atoms with E-state index in [1.807, 2.05) is 96.9 Å². The highest BCUT2D eigenvalue weighted by molar-refractivity contribution is 4.92. The van der Waals surface area contributed by atoms with Crippen LogP contribution in [0.5, 0.6) is 0 Å². The van der Waals surface area contributed by atoms with Gasteiger partial charge in [-0.1, -0.05) is 20.8 Å². The van der Waals surface area contributed by atoms with Crippen LogP contribution in [0.1, 0.15) is 117 Å². The Morgan fingerprint density at radius 2 is 0.944 bits per heavy atom. The third-order valence-electron chi connectivity index (χ3n) is 9.02. The van der Waals surface area contributed by atoms with Crippen LogP contribution in [0.2, 0.25) is 0 Å². The SMILES string of the molecule is CC(C)OC[C@H]1OC[C@@H](C)[C@H](F)[C@@H]1OC(C)C.CCCO[C@@H]1[C@H](OC(C)C)[C@@H](COC(C)C)O[C@H]1C.CO[C@@H]1[C@H](OC(C)C)[C@@H](COC(C)C)OC[C@H]1C. The van der Waals surface area contributed by atoms with E-state index >= 15 is 0 Å². The molecule has 0 aromatic heterocycles. The Kier molecular flexibility index (Phi) is 26.0. The fourth-order valence-electron chi connectivity index (χ4n) is 6.47. The van der Waals surface area contributed by atoms with Gasteiger partial charge in [-0.2, -0.15) is 0 Å². The second kappa shape index (κ2) is 27.2. The smallest absolute Gasteiger partial charge is 0.134 e. The first kappa shape index (κ1) is 51.5. The molecule has 3 heterocycles. The third kappa shape index (κ3) is 19.3. The highest BCUT2D eigenvalue weighted by Gasteiger charge is 2.45. The van der Waals surface area contributed by atoms with E-state index in [0.29, 0.717) is 39.0 Å². The van der Waals surface area contributed by atoms with Crippen molar-refractivity contribution in [1.82, 2.24) is 0 Å². The number of ether oxygens (including phenoxy) is 11. The molecular weight excluding hydrogens is 699 g/mol. The Morgan fingerprint density at radius 1 is 0.537 bits per heavy atom. The molecule has 0 spiro atoms. The first-order valence-electron chi connectivity index (χ1n) is 20.8. The third-order valence-corrected chi connectivity index (χ3v) is 9.02. The largest absolute Gasteiger partial charge is 0.378 e. The molecule has 0 N–H and O–H groups in total. The molecule has 54 heavy (non-hydrogen) atoms. The van der Waals surface area contributed by atoms with E-state index in [1.165, 1.54) is 0 Å². The zero-order valence-corrected chi connectivity index (χ0v) is 37.2. The van der Waals surface area contributed by atoms with Gasteiger partial charge in [0.15, 0.2) is 0 Å². The van der Waals surface area contributed by atoms with Gasteiger partial charge in [0.2, 0.25) is 0 Å². The molecule has 12 heteroatoms. The highest BCUT2D eigenvalue weighted by Crippen LogP contribution is 2.29. The quantitative estimate of drug-likeness (QED) is 0.129. The van der Waals surface area contributed by atoms with Crippen LogP contribution in [0, 0.1) is 11.8 Å². The van der Waals surface area contributed by atoms with Crippen molar-refractivity contribution in [3.05, 3.63) is 0 Å². The van der Waals surface area contributed by atoms with Gasteiger partial charge >= 0.3 is 0 Å². The molecule has 324 valence electrons. The molecule has 3 aliphatic heterocycles. The highest BCUT2D eigenvalue weighted by atomic mass is 19.1. The lowest BCUT2D eigenvalue weighted by molar-refractivity contribution is -0.215. The second-order valence-electron chi connectivity index (χ2n) is 16.7. The van der Waals surface area contributed by atoms with Gasteiger partial charge < -0.3 is 52.1 Å². The maximum atomic E-state index is 14.1. The van der Waals surface area contributed by atoms with E-state index in [0.717, 1.165) is 13.0 Å². The number of methoxy groups -OCH3 is 1. The summed E-state index contributed by atoms with van der Waals surface area (Å²) in [4.78, 5) is 0. The number of hydrogen-bond acceptors (Lipinski definition) is 11. The van der Waals surface area contributed by atoms with Crippen molar-refractivity contribution in [1.29, 1.82) is 0 Å². The second-order valence-corrected chi connectivity index (χ2v) is 16.7. The monoisotopic (exact) mass is 783 g/mol. The van der Waals surface area contributed by atoms with Gasteiger partial charge in [0.1, 0.15) is 48.9 Å². The standard InChI is InChI=1S/C15H30O4.C14H28O4.C13H25FO3/c1-7-8-16-14-12(6)19-13(9-17-10(2)3)15(14)18-11(4)5;1-9(2)16-8-12-14(18-10(3)4)13(15-6)11(5)7-17-12;1-8(2)15-7-11-13(17-9(3)4)12(14)10(5)6-16-11/h10-15H,7-9H2,1-6H3;9-14H,7-8H2,1-6H3;8-13H,6-7H2,1-5H3/t12-,13+,14-,15+;11-,12-,13+,14-;10-,11-,12+,13-/m011/s1. The van der Waals surface area contributed by atoms with Crippen molar-refractivity contribution in [2.75, 3.05) is 46.8 Å². The predicted molar refractivity (Wildman–Crippen MR) is 211 cm³/mol. The molecular formula is C42H83FO11. The summed E-state index contributed by atoms with van der Waals surface area (Å²) in [5.41, 5.74) is 0. The average Bonchev–Trinajstić information content (AvgIpc) is 3.36. The molecule has 0 aromatic carbocycles. The van der Waals surface area contributed by atoms with E-state index in [4.69, 9.17) is 52.1 Å². The average molecular weight is 783 g/mol. The van der Waals surface area contributed by atoms with E-state index in [9.17, 15) is 4.39 Å². The molecule has 0 bridgehead atoms. The maximum absolute atomic E-state index is 14.1. The van der Waals surface area contributed by atoms with Gasteiger partial charge in [-0.15, -0.1) is 0 Å². The normalized spacial score (nSPS) is 33.1. The summed E-state index contributed by atoms with van der Waals surface area (Å²) in [7, 11) is 1.74. The van der Waals surface area contributed by atoms with Crippen LogP contribution >= 0.6 is 0 Å². The van der Waals surface area contributed by atoms with Crippen LogP contribution in [-0.4, -0.2) is 144 Å². The Labute approximate surface area is 329 Å². The maximum Gasteiger partial charge on any atom is 0.134 e. The van der Waals surface area contributed by atoms with Crippen LogP contribution in [0.4, 0.5) is 4.39 Å². The van der Waals surface area contributed by atoms with Crippen molar-refractivity contribution in [3.8, 4) is 0 Å². The molecule has 0 radical (unpaired) electrons. The lowest BCUT2D eigenvalue weighted by Gasteiger charge is -2.41. The fourth-order valence-corrected chi connectivity index (χ4v) is 6.47. The van der Waals surface area contributed by atoms with E-state index < -0.39 is 12.3 Å². The van der Waals surface area contributed by atoms with Gasteiger partial charge in [-0.25, -0.2) is 4.39 Å².